The predicted molar refractivity (Wildman–Crippen MR) is 73.1 cm³/mol. The highest BCUT2D eigenvalue weighted by Crippen LogP contribution is 2.22. The molecule has 0 fully saturated rings. The van der Waals surface area contributed by atoms with E-state index in [1.165, 1.54) is 6.07 Å². The second-order valence-electron chi connectivity index (χ2n) is 4.37. The van der Waals surface area contributed by atoms with Crippen molar-refractivity contribution in [3.63, 3.8) is 0 Å². The summed E-state index contributed by atoms with van der Waals surface area (Å²) in [5, 5.41) is 3.92. The van der Waals surface area contributed by atoms with Crippen LogP contribution in [0.2, 0.25) is 5.02 Å². The van der Waals surface area contributed by atoms with E-state index in [2.05, 4.69) is 5.32 Å². The molecular formula is C15H14ClF2N. The summed E-state index contributed by atoms with van der Waals surface area (Å²) < 4.78 is 25.9. The maximum absolute atomic E-state index is 13.1. The van der Waals surface area contributed by atoms with E-state index in [1.807, 2.05) is 31.2 Å². The van der Waals surface area contributed by atoms with E-state index in [0.717, 1.165) is 11.6 Å². The van der Waals surface area contributed by atoms with Gasteiger partial charge in [-0.2, -0.15) is 0 Å². The Bertz CT molecular complexity index is 572. The fourth-order valence-electron chi connectivity index (χ4n) is 1.86. The molecule has 1 nitrogen and oxygen atoms in total. The lowest BCUT2D eigenvalue weighted by Crippen LogP contribution is -2.18. The molecule has 2 aromatic carbocycles. The summed E-state index contributed by atoms with van der Waals surface area (Å²) in [6, 6.07) is 11.5. The Morgan fingerprint density at radius 3 is 2.53 bits per heavy atom. The molecule has 0 aliphatic carbocycles. The minimum absolute atomic E-state index is 0.0295. The van der Waals surface area contributed by atoms with Gasteiger partial charge in [0.15, 0.2) is 11.6 Å². The molecule has 0 aromatic heterocycles. The molecule has 1 N–H and O–H groups in total. The van der Waals surface area contributed by atoms with Gasteiger partial charge >= 0.3 is 0 Å². The third-order valence-corrected chi connectivity index (χ3v) is 3.31. The summed E-state index contributed by atoms with van der Waals surface area (Å²) in [4.78, 5) is 0. The lowest BCUT2D eigenvalue weighted by atomic mass is 10.1. The molecule has 19 heavy (non-hydrogen) atoms. The Balaban J connectivity index is 2.02. The highest BCUT2D eigenvalue weighted by atomic mass is 35.5. The monoisotopic (exact) mass is 281 g/mol. The van der Waals surface area contributed by atoms with Crippen molar-refractivity contribution in [2.24, 2.45) is 0 Å². The van der Waals surface area contributed by atoms with Crippen molar-refractivity contribution in [2.45, 2.75) is 19.5 Å². The largest absolute Gasteiger partial charge is 0.306 e. The smallest absolute Gasteiger partial charge is 0.159 e. The van der Waals surface area contributed by atoms with Gasteiger partial charge < -0.3 is 5.32 Å². The van der Waals surface area contributed by atoms with Gasteiger partial charge in [0.25, 0.3) is 0 Å². The van der Waals surface area contributed by atoms with E-state index < -0.39 is 11.6 Å². The zero-order valence-corrected chi connectivity index (χ0v) is 11.2. The summed E-state index contributed by atoms with van der Waals surface area (Å²) in [5.41, 5.74) is 1.67. The molecular weight excluding hydrogens is 268 g/mol. The summed E-state index contributed by atoms with van der Waals surface area (Å²) in [6.07, 6.45) is 0. The maximum Gasteiger partial charge on any atom is 0.159 e. The molecule has 0 radical (unpaired) electrons. The van der Waals surface area contributed by atoms with Crippen molar-refractivity contribution in [1.29, 1.82) is 0 Å². The van der Waals surface area contributed by atoms with Crippen molar-refractivity contribution in [1.82, 2.24) is 5.32 Å². The first-order valence-electron chi connectivity index (χ1n) is 5.99. The number of rotatable bonds is 4. The van der Waals surface area contributed by atoms with Crippen molar-refractivity contribution >= 4 is 11.6 Å². The molecule has 0 saturated carbocycles. The first-order chi connectivity index (χ1) is 9.08. The fourth-order valence-corrected chi connectivity index (χ4v) is 2.16. The Kier molecular flexibility index (Phi) is 4.51. The van der Waals surface area contributed by atoms with Gasteiger partial charge in [-0.15, -0.1) is 0 Å². The predicted octanol–water partition coefficient (Wildman–Crippen LogP) is 4.47. The van der Waals surface area contributed by atoms with Crippen LogP contribution in [0.15, 0.2) is 42.5 Å². The Morgan fingerprint density at radius 2 is 1.84 bits per heavy atom. The van der Waals surface area contributed by atoms with Crippen LogP contribution < -0.4 is 5.32 Å². The van der Waals surface area contributed by atoms with Crippen molar-refractivity contribution < 1.29 is 8.78 Å². The van der Waals surface area contributed by atoms with E-state index in [-0.39, 0.29) is 6.04 Å². The number of hydrogen-bond donors (Lipinski definition) is 1. The van der Waals surface area contributed by atoms with Crippen LogP contribution in [0.1, 0.15) is 24.1 Å². The Labute approximate surface area is 116 Å². The van der Waals surface area contributed by atoms with Crippen molar-refractivity contribution in [3.8, 4) is 0 Å². The molecule has 0 aliphatic rings. The number of hydrogen-bond acceptors (Lipinski definition) is 1. The highest BCUT2D eigenvalue weighted by Gasteiger charge is 2.09. The molecule has 0 spiro atoms. The molecule has 0 aliphatic heterocycles. The van der Waals surface area contributed by atoms with Gasteiger partial charge in [0.05, 0.1) is 0 Å². The normalized spacial score (nSPS) is 12.4. The van der Waals surface area contributed by atoms with E-state index in [4.69, 9.17) is 11.6 Å². The van der Waals surface area contributed by atoms with Crippen molar-refractivity contribution in [2.75, 3.05) is 0 Å². The van der Waals surface area contributed by atoms with Crippen LogP contribution >= 0.6 is 11.6 Å². The van der Waals surface area contributed by atoms with Crippen LogP contribution in [-0.2, 0) is 6.54 Å². The van der Waals surface area contributed by atoms with Crippen LogP contribution in [0.4, 0.5) is 8.78 Å². The number of nitrogens with one attached hydrogen (secondary N) is 1. The second kappa shape index (κ2) is 6.13. The molecule has 0 amide bonds. The zero-order valence-electron chi connectivity index (χ0n) is 10.5. The van der Waals surface area contributed by atoms with Crippen LogP contribution in [0.25, 0.3) is 0 Å². The quantitative estimate of drug-likeness (QED) is 0.872. The van der Waals surface area contributed by atoms with E-state index in [1.54, 1.807) is 6.07 Å². The molecule has 0 saturated heterocycles. The zero-order chi connectivity index (χ0) is 13.8. The van der Waals surface area contributed by atoms with Gasteiger partial charge in [-0.3, -0.25) is 0 Å². The van der Waals surface area contributed by atoms with Gasteiger partial charge in [-0.25, -0.2) is 8.78 Å². The van der Waals surface area contributed by atoms with Gasteiger partial charge in [0.2, 0.25) is 0 Å². The van der Waals surface area contributed by atoms with Crippen LogP contribution in [-0.4, -0.2) is 0 Å². The molecule has 1 unspecified atom stereocenters. The maximum atomic E-state index is 13.1. The summed E-state index contributed by atoms with van der Waals surface area (Å²) in [7, 11) is 0. The van der Waals surface area contributed by atoms with Gasteiger partial charge in [-0.1, -0.05) is 35.9 Å². The second-order valence-corrected chi connectivity index (χ2v) is 4.78. The van der Waals surface area contributed by atoms with Gasteiger partial charge in [0.1, 0.15) is 0 Å². The van der Waals surface area contributed by atoms with E-state index in [9.17, 15) is 8.78 Å². The first-order valence-corrected chi connectivity index (χ1v) is 6.37. The number of benzene rings is 2. The molecule has 0 bridgehead atoms. The summed E-state index contributed by atoms with van der Waals surface area (Å²) >= 11 is 6.10. The van der Waals surface area contributed by atoms with Crippen LogP contribution in [0, 0.1) is 11.6 Å². The van der Waals surface area contributed by atoms with Crippen LogP contribution in [0.5, 0.6) is 0 Å². The third kappa shape index (κ3) is 3.52. The fraction of sp³-hybridized carbons (Fsp3) is 0.200. The Hall–Kier alpha value is -1.45. The SMILES string of the molecule is CC(NCc1ccc(F)c(F)c1)c1ccccc1Cl. The van der Waals surface area contributed by atoms with E-state index >= 15 is 0 Å². The van der Waals surface area contributed by atoms with Crippen molar-refractivity contribution in [3.05, 3.63) is 70.2 Å². The summed E-state index contributed by atoms with van der Waals surface area (Å²) in [6.45, 7) is 2.42. The highest BCUT2D eigenvalue weighted by molar-refractivity contribution is 6.31. The topological polar surface area (TPSA) is 12.0 Å². The molecule has 1 atom stereocenters. The molecule has 0 heterocycles. The minimum atomic E-state index is -0.831. The minimum Gasteiger partial charge on any atom is -0.306 e. The standard InChI is InChI=1S/C15H14ClF2N/c1-10(12-4-2-3-5-13(12)16)19-9-11-6-7-14(17)15(18)8-11/h2-8,10,19H,9H2,1H3. The average Bonchev–Trinajstić information content (AvgIpc) is 2.40. The first kappa shape index (κ1) is 14.0. The Morgan fingerprint density at radius 1 is 1.11 bits per heavy atom. The van der Waals surface area contributed by atoms with Gasteiger partial charge in [0, 0.05) is 17.6 Å². The summed E-state index contributed by atoms with van der Waals surface area (Å²) in [5.74, 6) is -1.66. The molecule has 2 rings (SSSR count). The lowest BCUT2D eigenvalue weighted by Gasteiger charge is -2.15. The molecule has 100 valence electrons. The average molecular weight is 282 g/mol. The van der Waals surface area contributed by atoms with E-state index in [0.29, 0.717) is 17.1 Å². The van der Waals surface area contributed by atoms with Crippen LogP contribution in [0.3, 0.4) is 0 Å². The van der Waals surface area contributed by atoms with Gasteiger partial charge in [-0.05, 0) is 36.2 Å². The third-order valence-electron chi connectivity index (χ3n) is 2.97. The lowest BCUT2D eigenvalue weighted by molar-refractivity contribution is 0.504. The number of halogens is 3. The molecule has 4 heteroatoms. The molecule has 2 aromatic rings.